The predicted molar refractivity (Wildman–Crippen MR) is 236 cm³/mol. The molecule has 2 heterocycles. The predicted octanol–water partition coefficient (Wildman–Crippen LogP) is -9.65. The number of halogens is 2. The molecule has 73 heavy (non-hydrogen) atoms. The van der Waals surface area contributed by atoms with E-state index in [0.29, 0.717) is 30.0 Å². The Bertz CT molecular complexity index is 3710. The summed E-state index contributed by atoms with van der Waals surface area (Å²) >= 11 is 12.2. The Labute approximate surface area is 511 Å². The number of fused-ring (bicyclic) bond motifs is 1. The SMILES string of the molecule is CN(c1ccccc1)c1nc(Cl)nc(Nc2cc(S(=O)(=O)[O-])cc3c2C(=O)/C(=N/Nc2cc(Nc4nc(Cl)nc(Nc5ccc(S(=O)(=O)[O-])cc5C(=O)[O-])n4)ccc2S(=O)(=O)[O-])C(S(=O)(=O)O)=C3)n1.[Na+].[Na+].[Na+].[Na+]. The number of carboxylic acids is 1. The van der Waals surface area contributed by atoms with E-state index in [4.69, 9.17) is 23.2 Å². The summed E-state index contributed by atoms with van der Waals surface area (Å²) in [5.41, 5.74) is -2.39. The molecule has 27 nitrogen and oxygen atoms in total. The van der Waals surface area contributed by atoms with Crippen molar-refractivity contribution in [3.8, 4) is 0 Å². The minimum Gasteiger partial charge on any atom is -0.744 e. The van der Waals surface area contributed by atoms with Crippen molar-refractivity contribution in [2.24, 2.45) is 5.10 Å². The van der Waals surface area contributed by atoms with Crippen LogP contribution >= 0.6 is 23.2 Å². The number of aromatic nitrogens is 6. The number of hydrogen-bond donors (Lipinski definition) is 5. The Hall–Kier alpha value is -3.33. The summed E-state index contributed by atoms with van der Waals surface area (Å²) in [5, 5.41) is 22.1. The Kier molecular flexibility index (Phi) is 22.1. The quantitative estimate of drug-likeness (QED) is 0.0362. The van der Waals surface area contributed by atoms with Gasteiger partial charge in [0.2, 0.25) is 40.1 Å². The van der Waals surface area contributed by atoms with Gasteiger partial charge in [0.25, 0.3) is 10.1 Å². The van der Waals surface area contributed by atoms with E-state index in [1.165, 1.54) is 4.90 Å². The molecule has 4 aromatic carbocycles. The van der Waals surface area contributed by atoms with Crippen LogP contribution < -0.4 is 150 Å². The van der Waals surface area contributed by atoms with E-state index in [-0.39, 0.29) is 136 Å². The van der Waals surface area contributed by atoms with Crippen LogP contribution in [0.15, 0.2) is 104 Å². The van der Waals surface area contributed by atoms with Crippen LogP contribution in [0.4, 0.5) is 52.2 Å². The number of nitrogens with one attached hydrogen (secondary N) is 4. The van der Waals surface area contributed by atoms with Crippen molar-refractivity contribution in [1.82, 2.24) is 29.9 Å². The van der Waals surface area contributed by atoms with Crippen molar-refractivity contribution >= 4 is 139 Å². The van der Waals surface area contributed by atoms with Gasteiger partial charge in [0, 0.05) is 24.0 Å². The first-order valence-corrected chi connectivity index (χ1v) is 24.6. The molecule has 1 aliphatic rings. The fourth-order valence-electron chi connectivity index (χ4n) is 6.12. The van der Waals surface area contributed by atoms with Crippen LogP contribution in [0.5, 0.6) is 0 Å². The number of nitrogens with zero attached hydrogens (tertiary/aromatic N) is 8. The molecule has 6 aromatic rings. The second-order valence-corrected chi connectivity index (χ2v) is 19.8. The van der Waals surface area contributed by atoms with Crippen LogP contribution in [0, 0.1) is 0 Å². The van der Waals surface area contributed by atoms with Crippen molar-refractivity contribution in [3.05, 3.63) is 111 Å². The van der Waals surface area contributed by atoms with Gasteiger partial charge in [-0.3, -0.25) is 14.8 Å². The van der Waals surface area contributed by atoms with E-state index < -0.39 is 134 Å². The third-order valence-electron chi connectivity index (χ3n) is 9.10. The first-order valence-electron chi connectivity index (χ1n) is 18.2. The second-order valence-electron chi connectivity index (χ2n) is 13.6. The molecule has 0 atom stereocenters. The number of hydrazone groups is 1. The number of allylic oxidation sites excluding steroid dienone is 1. The average Bonchev–Trinajstić information content (AvgIpc) is 3.24. The molecule has 0 spiro atoms. The molecule has 0 saturated heterocycles. The smallest absolute Gasteiger partial charge is 0.744 e. The maximum atomic E-state index is 14.3. The van der Waals surface area contributed by atoms with Crippen LogP contribution in [-0.2, 0) is 40.5 Å². The summed E-state index contributed by atoms with van der Waals surface area (Å²) in [6, 6.07) is 14.6. The van der Waals surface area contributed by atoms with Gasteiger partial charge in [0.1, 0.15) is 35.3 Å². The molecule has 1 aliphatic carbocycles. The summed E-state index contributed by atoms with van der Waals surface area (Å²) in [6.07, 6.45) is 0.566. The molecule has 0 bridgehead atoms. The molecule has 37 heteroatoms. The van der Waals surface area contributed by atoms with E-state index in [0.717, 1.165) is 30.3 Å². The number of ketones is 1. The van der Waals surface area contributed by atoms with Crippen LogP contribution in [-0.4, -0.2) is 106 Å². The monoisotopic (exact) mass is 1150 g/mol. The van der Waals surface area contributed by atoms with Crippen LogP contribution in [0.25, 0.3) is 6.08 Å². The van der Waals surface area contributed by atoms with Crippen molar-refractivity contribution in [2.45, 2.75) is 14.7 Å². The Morgan fingerprint density at radius 2 is 1.23 bits per heavy atom. The normalized spacial score (nSPS) is 12.8. The number of para-hydroxylation sites is 1. The number of rotatable bonds is 15. The zero-order chi connectivity index (χ0) is 50.4. The van der Waals surface area contributed by atoms with E-state index in [2.05, 4.69) is 56.4 Å². The standard InChI is InChI=1S/C36H26Cl2N12O15S4.4Na/c1-50(18-5-3-2-4-6-18)36-45-32(38)44-35(47-36)41-24-15-20(67(57,58)59)11-16-12-26(69(63,64)65)28(29(51)27(16)24)49-48-23-13-17(7-10-25(23)68(60,61)62)39-33-42-31(37)43-34(46-33)40-22-9-8-19(66(54,55)56)14-21(22)30(52)53;;;;/h2-15,48H,1H3,(H,52,53)(H,54,55,56)(H,57,58,59)(H,60,61,62)(H,63,64,65)(H,41,44,45,47)(H2,39,40,42,43,46);;;;/q;4*+1/p-4/b49-28+;;;;. The molecular weight excluding hydrogens is 1130 g/mol. The minimum atomic E-state index is -5.50. The van der Waals surface area contributed by atoms with Crippen molar-refractivity contribution in [2.75, 3.05) is 33.3 Å². The minimum absolute atomic E-state index is 0. The number of anilines is 9. The third kappa shape index (κ3) is 15.6. The molecule has 0 radical (unpaired) electrons. The van der Waals surface area contributed by atoms with Crippen LogP contribution in [0.2, 0.25) is 10.6 Å². The number of aromatic carboxylic acids is 1. The van der Waals surface area contributed by atoms with Gasteiger partial charge < -0.3 is 44.4 Å². The second kappa shape index (κ2) is 25.2. The van der Waals surface area contributed by atoms with Gasteiger partial charge in [-0.15, -0.1) is 0 Å². The fourth-order valence-corrected chi connectivity index (χ4v) is 8.73. The molecule has 5 N–H and O–H groups in total. The Morgan fingerprint density at radius 1 is 0.658 bits per heavy atom. The van der Waals surface area contributed by atoms with Gasteiger partial charge in [0.15, 0.2) is 5.71 Å². The van der Waals surface area contributed by atoms with Gasteiger partial charge in [-0.25, -0.2) is 25.3 Å². The van der Waals surface area contributed by atoms with Gasteiger partial charge in [-0.05, 0) is 95.5 Å². The molecule has 358 valence electrons. The first kappa shape index (κ1) is 64.0. The van der Waals surface area contributed by atoms with Gasteiger partial charge in [-0.1, -0.05) is 18.2 Å². The topological polar surface area (TPSA) is 424 Å². The number of carbonyl (C=O) groups excluding carboxylic acids is 2. The summed E-state index contributed by atoms with van der Waals surface area (Å²) < 4.78 is 144. The van der Waals surface area contributed by atoms with Crippen molar-refractivity contribution < 1.29 is 185 Å². The molecule has 0 saturated carbocycles. The van der Waals surface area contributed by atoms with Gasteiger partial charge >= 0.3 is 118 Å². The Balaban J connectivity index is 0.00000352. The number of benzene rings is 4. The van der Waals surface area contributed by atoms with E-state index >= 15 is 0 Å². The van der Waals surface area contributed by atoms with Crippen molar-refractivity contribution in [1.29, 1.82) is 0 Å². The van der Waals surface area contributed by atoms with Gasteiger partial charge in [-0.2, -0.15) is 43.4 Å². The molecule has 0 fully saturated rings. The molecule has 0 unspecified atom stereocenters. The summed E-state index contributed by atoms with van der Waals surface area (Å²) in [4.78, 5) is 47.2. The zero-order valence-corrected chi connectivity index (χ0v) is 50.5. The van der Waals surface area contributed by atoms with Crippen LogP contribution in [0.1, 0.15) is 26.3 Å². The summed E-state index contributed by atoms with van der Waals surface area (Å²) in [7, 11) is -19.8. The fraction of sp³-hybridized carbons (Fsp3) is 0.0278. The van der Waals surface area contributed by atoms with Gasteiger partial charge in [0.05, 0.1) is 43.3 Å². The van der Waals surface area contributed by atoms with Crippen LogP contribution in [0.3, 0.4) is 0 Å². The van der Waals surface area contributed by atoms with E-state index in [9.17, 15) is 66.6 Å². The zero-order valence-electron chi connectivity index (χ0n) is 37.7. The molecule has 0 amide bonds. The maximum Gasteiger partial charge on any atom is 1.00 e. The number of hydrogen-bond acceptors (Lipinski definition) is 26. The number of carboxylic acid groups (broad SMARTS) is 1. The van der Waals surface area contributed by atoms with E-state index in [1.807, 2.05) is 0 Å². The molecular formula is C36H22Cl2N12Na4O15S4. The Morgan fingerprint density at radius 3 is 1.81 bits per heavy atom. The number of Topliss-reactive ketones (excluding diaryl/α,β-unsaturated/α-hetero) is 1. The van der Waals surface area contributed by atoms with Crippen molar-refractivity contribution in [3.63, 3.8) is 0 Å². The maximum absolute atomic E-state index is 14.3. The number of carbonyl (C=O) groups is 2. The summed E-state index contributed by atoms with van der Waals surface area (Å²) in [5.74, 6) is -4.80. The van der Waals surface area contributed by atoms with E-state index in [1.54, 1.807) is 37.4 Å². The average molecular weight is 1150 g/mol. The third-order valence-corrected chi connectivity index (χ3v) is 12.8. The summed E-state index contributed by atoms with van der Waals surface area (Å²) in [6.45, 7) is 0. The molecule has 2 aromatic heterocycles. The largest absolute Gasteiger partial charge is 1.00 e. The molecule has 0 aliphatic heterocycles. The first-order chi connectivity index (χ1) is 32.1. The molecule has 7 rings (SSSR count).